The van der Waals surface area contributed by atoms with Crippen LogP contribution >= 0.6 is 0 Å². The van der Waals surface area contributed by atoms with Gasteiger partial charge in [-0.15, -0.1) is 0 Å². The zero-order valence-electron chi connectivity index (χ0n) is 6.94. The van der Waals surface area contributed by atoms with Gasteiger partial charge in [-0.3, -0.25) is 0 Å². The van der Waals surface area contributed by atoms with Crippen LogP contribution in [0.1, 0.15) is 10.4 Å². The quantitative estimate of drug-likeness (QED) is 0.463. The fourth-order valence-electron chi connectivity index (χ4n) is 0.933. The maximum atomic E-state index is 10.5. The highest BCUT2D eigenvalue weighted by Gasteiger charge is 2.12. The summed E-state index contributed by atoms with van der Waals surface area (Å²) >= 11 is 0. The third-order valence-electron chi connectivity index (χ3n) is 1.58. The number of hydrogen-bond donors (Lipinski definition) is 3. The van der Waals surface area contributed by atoms with Crippen LogP contribution in [0.25, 0.3) is 0 Å². The lowest BCUT2D eigenvalue weighted by atomic mass is 10.1. The zero-order valence-corrected chi connectivity index (χ0v) is 6.94. The number of rotatable bonds is 2. The van der Waals surface area contributed by atoms with Gasteiger partial charge in [-0.05, 0) is 0 Å². The molecule has 0 atom stereocenters. The normalized spacial score (nSPS) is 9.62. The standard InChI is InChI=1S/C8H9NO4/c1-13-7-3-5(9)4(8(11)12)2-6(7)10/h2-3,10H,9H2,1H3,(H,11,12). The number of carbonyl (C=O) groups is 1. The molecule has 0 saturated heterocycles. The van der Waals surface area contributed by atoms with Crippen molar-refractivity contribution >= 4 is 11.7 Å². The number of aromatic carboxylic acids is 1. The van der Waals surface area contributed by atoms with Gasteiger partial charge in [-0.2, -0.15) is 0 Å². The monoisotopic (exact) mass is 183 g/mol. The van der Waals surface area contributed by atoms with E-state index in [1.165, 1.54) is 13.2 Å². The summed E-state index contributed by atoms with van der Waals surface area (Å²) in [5, 5.41) is 17.8. The molecule has 0 fully saturated rings. The Balaban J connectivity index is 3.28. The number of nitrogen functional groups attached to an aromatic ring is 1. The van der Waals surface area contributed by atoms with Crippen molar-refractivity contribution in [1.29, 1.82) is 0 Å². The fraction of sp³-hybridized carbons (Fsp3) is 0.125. The van der Waals surface area contributed by atoms with E-state index in [2.05, 4.69) is 0 Å². The number of phenolic OH excluding ortho intramolecular Hbond substituents is 1. The van der Waals surface area contributed by atoms with Crippen molar-refractivity contribution in [2.75, 3.05) is 12.8 Å². The molecular weight excluding hydrogens is 174 g/mol. The number of aromatic hydroxyl groups is 1. The van der Waals surface area contributed by atoms with Gasteiger partial charge in [0.2, 0.25) is 0 Å². The maximum absolute atomic E-state index is 10.5. The van der Waals surface area contributed by atoms with Crippen LogP contribution in [0.4, 0.5) is 5.69 Å². The van der Waals surface area contributed by atoms with E-state index in [1.54, 1.807) is 0 Å². The number of phenols is 1. The molecule has 0 heterocycles. The summed E-state index contributed by atoms with van der Waals surface area (Å²) in [5.41, 5.74) is 5.31. The van der Waals surface area contributed by atoms with Crippen LogP contribution in [0, 0.1) is 0 Å². The molecule has 0 unspecified atom stereocenters. The van der Waals surface area contributed by atoms with Gasteiger partial charge < -0.3 is 20.7 Å². The second-order valence-corrected chi connectivity index (χ2v) is 2.42. The van der Waals surface area contributed by atoms with Gasteiger partial charge in [-0.1, -0.05) is 0 Å². The molecule has 0 aliphatic carbocycles. The molecule has 0 spiro atoms. The first kappa shape index (κ1) is 9.18. The minimum Gasteiger partial charge on any atom is -0.504 e. The number of carboxylic acids is 1. The topological polar surface area (TPSA) is 92.8 Å². The van der Waals surface area contributed by atoms with E-state index in [-0.39, 0.29) is 22.7 Å². The summed E-state index contributed by atoms with van der Waals surface area (Å²) in [4.78, 5) is 10.5. The zero-order chi connectivity index (χ0) is 10.0. The lowest BCUT2D eigenvalue weighted by molar-refractivity contribution is 0.0697. The van der Waals surface area contributed by atoms with Gasteiger partial charge >= 0.3 is 5.97 Å². The summed E-state index contributed by atoms with van der Waals surface area (Å²) in [5.74, 6) is -1.27. The summed E-state index contributed by atoms with van der Waals surface area (Å²) in [6.45, 7) is 0. The molecule has 5 nitrogen and oxygen atoms in total. The Kier molecular flexibility index (Phi) is 2.27. The molecule has 0 bridgehead atoms. The Hall–Kier alpha value is -1.91. The Bertz CT molecular complexity index is 348. The molecule has 0 aromatic heterocycles. The molecule has 13 heavy (non-hydrogen) atoms. The summed E-state index contributed by atoms with van der Waals surface area (Å²) in [6, 6.07) is 2.31. The van der Waals surface area contributed by atoms with Crippen molar-refractivity contribution in [2.24, 2.45) is 0 Å². The van der Waals surface area contributed by atoms with E-state index in [0.717, 1.165) is 6.07 Å². The van der Waals surface area contributed by atoms with Crippen LogP contribution in [0.2, 0.25) is 0 Å². The molecule has 70 valence electrons. The van der Waals surface area contributed by atoms with Crippen molar-refractivity contribution in [3.63, 3.8) is 0 Å². The highest BCUT2D eigenvalue weighted by atomic mass is 16.5. The molecule has 0 radical (unpaired) electrons. The maximum Gasteiger partial charge on any atom is 0.337 e. The predicted molar refractivity (Wildman–Crippen MR) is 46.0 cm³/mol. The summed E-state index contributed by atoms with van der Waals surface area (Å²) in [7, 11) is 1.36. The van der Waals surface area contributed by atoms with Crippen LogP contribution in [-0.2, 0) is 0 Å². The number of nitrogens with two attached hydrogens (primary N) is 1. The highest BCUT2D eigenvalue weighted by molar-refractivity contribution is 5.94. The molecule has 1 aromatic rings. The van der Waals surface area contributed by atoms with Crippen LogP contribution in [-0.4, -0.2) is 23.3 Å². The lowest BCUT2D eigenvalue weighted by Crippen LogP contribution is -2.02. The second-order valence-electron chi connectivity index (χ2n) is 2.42. The average molecular weight is 183 g/mol. The SMILES string of the molecule is COc1cc(N)c(C(=O)O)cc1O. The number of ether oxygens (including phenoxy) is 1. The van der Waals surface area contributed by atoms with Gasteiger partial charge in [0, 0.05) is 12.1 Å². The van der Waals surface area contributed by atoms with Crippen LogP contribution < -0.4 is 10.5 Å². The fourth-order valence-corrected chi connectivity index (χ4v) is 0.933. The first-order chi connectivity index (χ1) is 6.06. The predicted octanol–water partition coefficient (Wildman–Crippen LogP) is 0.681. The number of anilines is 1. The molecule has 5 heteroatoms. The largest absolute Gasteiger partial charge is 0.504 e. The lowest BCUT2D eigenvalue weighted by Gasteiger charge is -2.06. The molecule has 0 aliphatic heterocycles. The molecular formula is C8H9NO4. The minimum atomic E-state index is -1.18. The van der Waals surface area contributed by atoms with Gasteiger partial charge in [0.05, 0.1) is 18.4 Å². The highest BCUT2D eigenvalue weighted by Crippen LogP contribution is 2.30. The van der Waals surface area contributed by atoms with Gasteiger partial charge in [-0.25, -0.2) is 4.79 Å². The van der Waals surface area contributed by atoms with E-state index in [1.807, 2.05) is 0 Å². The smallest absolute Gasteiger partial charge is 0.337 e. The average Bonchev–Trinajstić information content (AvgIpc) is 2.07. The number of methoxy groups -OCH3 is 1. The molecule has 0 aliphatic rings. The van der Waals surface area contributed by atoms with Crippen molar-refractivity contribution in [1.82, 2.24) is 0 Å². The third-order valence-corrected chi connectivity index (χ3v) is 1.58. The Morgan fingerprint density at radius 2 is 2.15 bits per heavy atom. The number of benzene rings is 1. The van der Waals surface area contributed by atoms with Crippen molar-refractivity contribution in [2.45, 2.75) is 0 Å². The van der Waals surface area contributed by atoms with Gasteiger partial charge in [0.15, 0.2) is 11.5 Å². The van der Waals surface area contributed by atoms with Crippen LogP contribution in [0.3, 0.4) is 0 Å². The van der Waals surface area contributed by atoms with E-state index in [9.17, 15) is 9.90 Å². The van der Waals surface area contributed by atoms with Gasteiger partial charge in [0.25, 0.3) is 0 Å². The minimum absolute atomic E-state index is 0.0575. The third kappa shape index (κ3) is 1.64. The van der Waals surface area contributed by atoms with Crippen molar-refractivity contribution in [3.8, 4) is 11.5 Å². The Labute approximate surface area is 74.4 Å². The van der Waals surface area contributed by atoms with E-state index >= 15 is 0 Å². The summed E-state index contributed by atoms with van der Waals surface area (Å²) < 4.78 is 4.74. The van der Waals surface area contributed by atoms with Crippen molar-refractivity contribution < 1.29 is 19.7 Å². The van der Waals surface area contributed by atoms with E-state index in [4.69, 9.17) is 15.6 Å². The first-order valence-electron chi connectivity index (χ1n) is 3.46. The van der Waals surface area contributed by atoms with Crippen LogP contribution in [0.5, 0.6) is 11.5 Å². The van der Waals surface area contributed by atoms with E-state index < -0.39 is 5.97 Å². The molecule has 0 saturated carbocycles. The molecule has 1 aromatic carbocycles. The van der Waals surface area contributed by atoms with E-state index in [0.29, 0.717) is 0 Å². The molecule has 4 N–H and O–H groups in total. The number of carboxylic acid groups (broad SMARTS) is 1. The Morgan fingerprint density at radius 1 is 1.54 bits per heavy atom. The molecule has 1 rings (SSSR count). The first-order valence-corrected chi connectivity index (χ1v) is 3.46. The second kappa shape index (κ2) is 3.22. The Morgan fingerprint density at radius 3 is 2.62 bits per heavy atom. The summed E-state index contributed by atoms with van der Waals surface area (Å²) in [6.07, 6.45) is 0. The van der Waals surface area contributed by atoms with Crippen LogP contribution in [0.15, 0.2) is 12.1 Å². The van der Waals surface area contributed by atoms with Crippen molar-refractivity contribution in [3.05, 3.63) is 17.7 Å². The molecule has 0 amide bonds. The van der Waals surface area contributed by atoms with Gasteiger partial charge in [0.1, 0.15) is 0 Å². The number of hydrogen-bond acceptors (Lipinski definition) is 4.